The van der Waals surface area contributed by atoms with Gasteiger partial charge >= 0.3 is 0 Å². The molecule has 0 unspecified atom stereocenters. The highest BCUT2D eigenvalue weighted by Gasteiger charge is 2.18. The van der Waals surface area contributed by atoms with Crippen molar-refractivity contribution in [2.75, 3.05) is 11.9 Å². The fourth-order valence-corrected chi connectivity index (χ4v) is 4.91. The monoisotopic (exact) mass is 453 g/mol. The van der Waals surface area contributed by atoms with Crippen molar-refractivity contribution in [1.29, 1.82) is 0 Å². The molecule has 7 nitrogen and oxygen atoms in total. The Hall–Kier alpha value is -3.13. The second-order valence-corrected chi connectivity index (χ2v) is 9.62. The molecule has 0 aliphatic carbocycles. The number of benzene rings is 2. The van der Waals surface area contributed by atoms with Gasteiger partial charge in [-0.15, -0.1) is 0 Å². The molecule has 0 spiro atoms. The van der Waals surface area contributed by atoms with Crippen LogP contribution in [0.2, 0.25) is 0 Å². The Bertz CT molecular complexity index is 1260. The summed E-state index contributed by atoms with van der Waals surface area (Å²) >= 11 is 0. The highest BCUT2D eigenvalue weighted by molar-refractivity contribution is 7.90. The molecule has 168 valence electrons. The second-order valence-electron chi connectivity index (χ2n) is 7.94. The van der Waals surface area contributed by atoms with E-state index >= 15 is 0 Å². The summed E-state index contributed by atoms with van der Waals surface area (Å²) < 4.78 is 33.8. The largest absolute Gasteiger partial charge is 0.464 e. The molecule has 8 heteroatoms. The fourth-order valence-electron chi connectivity index (χ4n) is 3.78. The molecule has 0 saturated heterocycles. The Balaban J connectivity index is 1.45. The number of anilines is 1. The van der Waals surface area contributed by atoms with Crippen LogP contribution in [0.4, 0.5) is 5.69 Å². The quantitative estimate of drug-likeness (QED) is 0.577. The number of hydrogen-bond acceptors (Lipinski definition) is 5. The first kappa shape index (κ1) is 22.1. The molecule has 1 aliphatic heterocycles. The Kier molecular flexibility index (Phi) is 6.60. The molecule has 2 heterocycles. The molecule has 0 saturated carbocycles. The van der Waals surface area contributed by atoms with E-state index in [2.05, 4.69) is 22.0 Å². The van der Waals surface area contributed by atoms with Gasteiger partial charge in [0.05, 0.1) is 17.6 Å². The van der Waals surface area contributed by atoms with E-state index in [4.69, 9.17) is 4.42 Å². The summed E-state index contributed by atoms with van der Waals surface area (Å²) in [7, 11) is -3.77. The highest BCUT2D eigenvalue weighted by atomic mass is 32.2. The summed E-state index contributed by atoms with van der Waals surface area (Å²) in [6.07, 6.45) is 6.19. The van der Waals surface area contributed by atoms with Crippen LogP contribution < -0.4 is 10.0 Å². The third-order valence-corrected chi connectivity index (χ3v) is 6.91. The fraction of sp³-hybridized carbons (Fsp3) is 0.333. The number of carbonyl (C=O) groups is 1. The number of amidine groups is 1. The number of nitrogens with zero attached hydrogens (tertiary/aromatic N) is 1. The predicted molar refractivity (Wildman–Crippen MR) is 125 cm³/mol. The van der Waals surface area contributed by atoms with Gasteiger partial charge in [0, 0.05) is 29.6 Å². The number of sulfonamides is 1. The van der Waals surface area contributed by atoms with E-state index < -0.39 is 10.0 Å². The third kappa shape index (κ3) is 5.19. The third-order valence-electron chi connectivity index (χ3n) is 5.53. The van der Waals surface area contributed by atoms with Crippen molar-refractivity contribution >= 4 is 38.4 Å². The number of nitrogens with one attached hydrogen (secondary N) is 2. The second kappa shape index (κ2) is 9.56. The van der Waals surface area contributed by atoms with Crippen LogP contribution in [0.3, 0.4) is 0 Å². The molecule has 0 fully saturated rings. The van der Waals surface area contributed by atoms with Gasteiger partial charge in [0.2, 0.25) is 5.91 Å². The van der Waals surface area contributed by atoms with Gasteiger partial charge in [0.25, 0.3) is 10.0 Å². The van der Waals surface area contributed by atoms with Crippen LogP contribution in [-0.4, -0.2) is 26.7 Å². The number of fused-ring (bicyclic) bond motifs is 1. The number of amides is 1. The predicted octanol–water partition coefficient (Wildman–Crippen LogP) is 4.43. The van der Waals surface area contributed by atoms with Crippen LogP contribution in [0.15, 0.2) is 63.0 Å². The van der Waals surface area contributed by atoms with Crippen molar-refractivity contribution in [3.63, 3.8) is 0 Å². The molecule has 0 atom stereocenters. The van der Waals surface area contributed by atoms with Crippen molar-refractivity contribution in [1.82, 2.24) is 4.72 Å². The first-order valence-corrected chi connectivity index (χ1v) is 12.4. The van der Waals surface area contributed by atoms with E-state index in [1.54, 1.807) is 18.4 Å². The van der Waals surface area contributed by atoms with Crippen LogP contribution in [-0.2, 0) is 27.7 Å². The van der Waals surface area contributed by atoms with Crippen LogP contribution >= 0.6 is 0 Å². The molecule has 0 radical (unpaired) electrons. The Labute approximate surface area is 188 Å². The maximum atomic E-state index is 12.8. The zero-order valence-electron chi connectivity index (χ0n) is 18.1. The summed E-state index contributed by atoms with van der Waals surface area (Å²) in [4.78, 5) is 17.0. The van der Waals surface area contributed by atoms with Crippen molar-refractivity contribution < 1.29 is 17.6 Å². The maximum absolute atomic E-state index is 12.8. The number of hydrogen-bond donors (Lipinski definition) is 2. The van der Waals surface area contributed by atoms with Gasteiger partial charge in [0.15, 0.2) is 0 Å². The van der Waals surface area contributed by atoms with E-state index in [0.717, 1.165) is 42.2 Å². The number of carbonyl (C=O) groups excluding carboxylic acids is 1. The highest BCUT2D eigenvalue weighted by Crippen LogP contribution is 2.24. The number of rotatable bonds is 6. The molecule has 2 N–H and O–H groups in total. The number of aryl methyl sites for hydroxylation is 1. The lowest BCUT2D eigenvalue weighted by molar-refractivity contribution is -0.115. The normalized spacial score (nSPS) is 14.6. The van der Waals surface area contributed by atoms with E-state index in [0.29, 0.717) is 24.5 Å². The van der Waals surface area contributed by atoms with E-state index in [1.165, 1.54) is 17.7 Å². The maximum Gasteiger partial charge on any atom is 0.262 e. The standard InChI is InChI=1S/C24H27N3O4S/c1-2-17-10-11-21-18(16-31-22(21)13-17)14-24(28)26-19-7-6-8-20(15-19)32(29,30)27-23-9-4-3-5-12-25-23/h6-8,10-11,13,15-16H,2-5,9,12,14H2,1H3,(H,25,27)(H,26,28). The van der Waals surface area contributed by atoms with Gasteiger partial charge in [-0.2, -0.15) is 0 Å². The van der Waals surface area contributed by atoms with Crippen LogP contribution in [0.25, 0.3) is 11.0 Å². The SMILES string of the molecule is CCc1ccc2c(CC(=O)Nc3cccc(S(=O)(=O)NC4=NCCCCC4)c3)coc2c1. The van der Waals surface area contributed by atoms with Gasteiger partial charge in [0.1, 0.15) is 11.4 Å². The Morgan fingerprint density at radius 3 is 2.84 bits per heavy atom. The zero-order chi connectivity index (χ0) is 22.6. The minimum atomic E-state index is -3.77. The van der Waals surface area contributed by atoms with Gasteiger partial charge < -0.3 is 9.73 Å². The van der Waals surface area contributed by atoms with Crippen molar-refractivity contribution in [2.24, 2.45) is 4.99 Å². The van der Waals surface area contributed by atoms with Crippen molar-refractivity contribution in [3.05, 3.63) is 59.9 Å². The molecule has 1 amide bonds. The zero-order valence-corrected chi connectivity index (χ0v) is 18.9. The molecular formula is C24H27N3O4S. The van der Waals surface area contributed by atoms with E-state index in [1.807, 2.05) is 18.2 Å². The number of aliphatic imine (C=N–C) groups is 1. The smallest absolute Gasteiger partial charge is 0.262 e. The summed E-state index contributed by atoms with van der Waals surface area (Å²) in [5, 5.41) is 3.70. The van der Waals surface area contributed by atoms with Gasteiger partial charge in [-0.25, -0.2) is 8.42 Å². The molecule has 0 bridgehead atoms. The van der Waals surface area contributed by atoms with Crippen molar-refractivity contribution in [3.8, 4) is 0 Å². The summed E-state index contributed by atoms with van der Waals surface area (Å²) in [5.74, 6) is 0.248. The topological polar surface area (TPSA) is 101 Å². The van der Waals surface area contributed by atoms with Gasteiger partial charge in [-0.3, -0.25) is 14.5 Å². The molecule has 1 aliphatic rings. The summed E-state index contributed by atoms with van der Waals surface area (Å²) in [6, 6.07) is 12.2. The molecular weight excluding hydrogens is 426 g/mol. The van der Waals surface area contributed by atoms with Gasteiger partial charge in [-0.1, -0.05) is 31.5 Å². The molecule has 32 heavy (non-hydrogen) atoms. The first-order valence-electron chi connectivity index (χ1n) is 10.9. The van der Waals surface area contributed by atoms with Crippen LogP contribution in [0, 0.1) is 0 Å². The first-order chi connectivity index (χ1) is 15.4. The summed E-state index contributed by atoms with van der Waals surface area (Å²) in [5.41, 5.74) is 3.13. The molecule has 1 aromatic heterocycles. The molecule has 4 rings (SSSR count). The minimum absolute atomic E-state index is 0.0862. The summed E-state index contributed by atoms with van der Waals surface area (Å²) in [6.45, 7) is 2.71. The van der Waals surface area contributed by atoms with E-state index in [9.17, 15) is 13.2 Å². The van der Waals surface area contributed by atoms with Gasteiger partial charge in [-0.05, 0) is 49.1 Å². The lowest BCUT2D eigenvalue weighted by Crippen LogP contribution is -2.30. The minimum Gasteiger partial charge on any atom is -0.464 e. The average molecular weight is 454 g/mol. The van der Waals surface area contributed by atoms with Crippen LogP contribution in [0.1, 0.15) is 43.7 Å². The molecule has 2 aromatic carbocycles. The lowest BCUT2D eigenvalue weighted by atomic mass is 10.1. The Morgan fingerprint density at radius 1 is 1.12 bits per heavy atom. The molecule has 3 aromatic rings. The number of furan rings is 1. The Morgan fingerprint density at radius 2 is 2.00 bits per heavy atom. The van der Waals surface area contributed by atoms with Crippen LogP contribution in [0.5, 0.6) is 0 Å². The van der Waals surface area contributed by atoms with E-state index in [-0.39, 0.29) is 17.2 Å². The van der Waals surface area contributed by atoms with Crippen molar-refractivity contribution in [2.45, 2.75) is 50.3 Å². The average Bonchev–Trinajstić information content (AvgIpc) is 2.99. The lowest BCUT2D eigenvalue weighted by Gasteiger charge is -2.11.